The summed E-state index contributed by atoms with van der Waals surface area (Å²) in [6, 6.07) is 17.4. The van der Waals surface area contributed by atoms with E-state index in [1.165, 1.54) is 33.4 Å². The lowest BCUT2D eigenvalue weighted by molar-refractivity contribution is 0.763. The van der Waals surface area contributed by atoms with Crippen molar-refractivity contribution >= 4 is 0 Å². The highest BCUT2D eigenvalue weighted by Gasteiger charge is 2.46. The summed E-state index contributed by atoms with van der Waals surface area (Å²) in [7, 11) is 0. The van der Waals surface area contributed by atoms with E-state index in [2.05, 4.69) is 100 Å². The molecule has 168 valence electrons. The summed E-state index contributed by atoms with van der Waals surface area (Å²) in [6.45, 7) is 26.6. The molecule has 0 radical (unpaired) electrons. The van der Waals surface area contributed by atoms with Crippen molar-refractivity contribution in [3.8, 4) is 11.1 Å². The average molecular weight is 425 g/mol. The third-order valence-corrected chi connectivity index (χ3v) is 5.18. The van der Waals surface area contributed by atoms with Crippen LogP contribution in [0.1, 0.15) is 59.6 Å². The zero-order valence-corrected chi connectivity index (χ0v) is 21.1. The van der Waals surface area contributed by atoms with E-state index < -0.39 is 5.41 Å². The maximum Gasteiger partial charge on any atom is 0.0713 e. The predicted molar refractivity (Wildman–Crippen MR) is 146 cm³/mol. The minimum atomic E-state index is -0.445. The standard InChI is InChI=1S/C28H28.2C2H6/c1-7-13-23(19-21(5)6)28(22(8-2)18-20(3)4)26-16-11-9-14-24(26)25-15-10-12-17-27(25)28;2*1-2/h7-19H,1-3H2,4-6H3;2*1-2H3/b22-18+,23-13+;;. The lowest BCUT2D eigenvalue weighted by Crippen LogP contribution is -2.29. The van der Waals surface area contributed by atoms with E-state index in [0.717, 1.165) is 11.1 Å². The molecule has 1 aliphatic rings. The molecule has 0 heteroatoms. The van der Waals surface area contributed by atoms with Gasteiger partial charge in [-0.2, -0.15) is 0 Å². The fourth-order valence-corrected chi connectivity index (χ4v) is 4.33. The van der Waals surface area contributed by atoms with Gasteiger partial charge in [-0.05, 0) is 54.2 Å². The molecule has 0 atom stereocenters. The monoisotopic (exact) mass is 424 g/mol. The molecule has 0 nitrogen and oxygen atoms in total. The summed E-state index contributed by atoms with van der Waals surface area (Å²) < 4.78 is 0. The van der Waals surface area contributed by atoms with Crippen molar-refractivity contribution in [2.24, 2.45) is 0 Å². The fraction of sp³-hybridized carbons (Fsp3) is 0.250. The van der Waals surface area contributed by atoms with E-state index in [1.54, 1.807) is 0 Å². The van der Waals surface area contributed by atoms with Crippen LogP contribution in [-0.4, -0.2) is 0 Å². The molecule has 0 unspecified atom stereocenters. The van der Waals surface area contributed by atoms with Crippen LogP contribution in [0.15, 0.2) is 121 Å². The number of fused-ring (bicyclic) bond motifs is 3. The Balaban J connectivity index is 0.00000121. The van der Waals surface area contributed by atoms with Gasteiger partial charge in [0.1, 0.15) is 0 Å². The Kier molecular flexibility index (Phi) is 10.7. The molecule has 32 heavy (non-hydrogen) atoms. The van der Waals surface area contributed by atoms with E-state index in [-0.39, 0.29) is 0 Å². The highest BCUT2D eigenvalue weighted by Crippen LogP contribution is 2.57. The molecule has 0 bridgehead atoms. The van der Waals surface area contributed by atoms with E-state index in [1.807, 2.05) is 46.8 Å². The largest absolute Gasteiger partial charge is 0.0991 e. The number of hydrogen-bond acceptors (Lipinski definition) is 0. The molecule has 0 aliphatic heterocycles. The third-order valence-electron chi connectivity index (χ3n) is 5.18. The van der Waals surface area contributed by atoms with Crippen LogP contribution in [0.3, 0.4) is 0 Å². The van der Waals surface area contributed by atoms with E-state index in [9.17, 15) is 0 Å². The first-order valence-electron chi connectivity index (χ1n) is 11.6. The topological polar surface area (TPSA) is 0 Å². The van der Waals surface area contributed by atoms with Crippen LogP contribution >= 0.6 is 0 Å². The molecular formula is C32H40. The van der Waals surface area contributed by atoms with Gasteiger partial charge in [0, 0.05) is 0 Å². The summed E-state index contributed by atoms with van der Waals surface area (Å²) in [4.78, 5) is 0. The van der Waals surface area contributed by atoms with Crippen molar-refractivity contribution in [3.05, 3.63) is 132 Å². The van der Waals surface area contributed by atoms with Gasteiger partial charge in [0.15, 0.2) is 0 Å². The van der Waals surface area contributed by atoms with Gasteiger partial charge >= 0.3 is 0 Å². The summed E-state index contributed by atoms with van der Waals surface area (Å²) >= 11 is 0. The number of rotatable bonds is 6. The van der Waals surface area contributed by atoms with Crippen LogP contribution in [0.5, 0.6) is 0 Å². The number of hydrogen-bond donors (Lipinski definition) is 0. The van der Waals surface area contributed by atoms with Crippen molar-refractivity contribution < 1.29 is 0 Å². The Morgan fingerprint density at radius 2 is 1.19 bits per heavy atom. The number of benzene rings is 2. The summed E-state index contributed by atoms with van der Waals surface area (Å²) in [6.07, 6.45) is 10.4. The van der Waals surface area contributed by atoms with Gasteiger partial charge in [0.05, 0.1) is 5.41 Å². The second kappa shape index (κ2) is 12.7. The van der Waals surface area contributed by atoms with Gasteiger partial charge in [0.25, 0.3) is 0 Å². The first kappa shape index (κ1) is 26.9. The fourth-order valence-electron chi connectivity index (χ4n) is 4.33. The van der Waals surface area contributed by atoms with E-state index in [4.69, 9.17) is 0 Å². The molecular weight excluding hydrogens is 384 g/mol. The second-order valence-electron chi connectivity index (χ2n) is 7.57. The maximum absolute atomic E-state index is 4.19. The molecule has 0 fully saturated rings. The van der Waals surface area contributed by atoms with Gasteiger partial charge in [0.2, 0.25) is 0 Å². The Morgan fingerprint density at radius 1 is 0.719 bits per heavy atom. The first-order valence-corrected chi connectivity index (χ1v) is 11.6. The van der Waals surface area contributed by atoms with Crippen LogP contribution in [-0.2, 0) is 5.41 Å². The molecule has 1 aliphatic carbocycles. The van der Waals surface area contributed by atoms with Gasteiger partial charge in [-0.25, -0.2) is 0 Å². The molecule has 0 N–H and O–H groups in total. The first-order chi connectivity index (χ1) is 15.5. The molecule has 2 aromatic carbocycles. The number of allylic oxidation sites excluding steroid dienone is 9. The predicted octanol–water partition coefficient (Wildman–Crippen LogP) is 9.77. The molecule has 0 heterocycles. The average Bonchev–Trinajstić information content (AvgIpc) is 3.11. The molecule has 0 spiro atoms. The SMILES string of the molecule is C=C/C=C(\C=C(C)C)C1(/C(C=C)=C/C(=C)C)c2ccccc2-c2ccccc21.CC.CC. The van der Waals surface area contributed by atoms with Crippen molar-refractivity contribution in [2.75, 3.05) is 0 Å². The Bertz CT molecular complexity index is 988. The summed E-state index contributed by atoms with van der Waals surface area (Å²) in [5.41, 5.74) is 9.20. The Morgan fingerprint density at radius 3 is 1.56 bits per heavy atom. The van der Waals surface area contributed by atoms with Crippen LogP contribution in [0.2, 0.25) is 0 Å². The molecule has 0 amide bonds. The maximum atomic E-state index is 4.19. The van der Waals surface area contributed by atoms with Crippen molar-refractivity contribution in [2.45, 2.75) is 53.9 Å². The van der Waals surface area contributed by atoms with Crippen molar-refractivity contribution in [3.63, 3.8) is 0 Å². The van der Waals surface area contributed by atoms with E-state index in [0.29, 0.717) is 0 Å². The van der Waals surface area contributed by atoms with Crippen molar-refractivity contribution in [1.29, 1.82) is 0 Å². The zero-order chi connectivity index (χ0) is 24.3. The highest BCUT2D eigenvalue weighted by molar-refractivity contribution is 5.87. The Labute approximate surface area is 197 Å². The van der Waals surface area contributed by atoms with Crippen molar-refractivity contribution in [1.82, 2.24) is 0 Å². The van der Waals surface area contributed by atoms with Gasteiger partial charge < -0.3 is 0 Å². The molecule has 3 rings (SSSR count). The van der Waals surface area contributed by atoms with Gasteiger partial charge in [-0.3, -0.25) is 0 Å². The van der Waals surface area contributed by atoms with Gasteiger partial charge in [-0.1, -0.05) is 137 Å². The van der Waals surface area contributed by atoms with E-state index >= 15 is 0 Å². The lowest BCUT2D eigenvalue weighted by Gasteiger charge is -2.36. The normalized spacial score (nSPS) is 13.2. The molecule has 0 aromatic heterocycles. The van der Waals surface area contributed by atoms with Crippen LogP contribution in [0, 0.1) is 0 Å². The lowest BCUT2D eigenvalue weighted by atomic mass is 9.65. The summed E-state index contributed by atoms with van der Waals surface area (Å²) in [5, 5.41) is 0. The third kappa shape index (κ3) is 5.02. The van der Waals surface area contributed by atoms with Crippen LogP contribution in [0.25, 0.3) is 11.1 Å². The quantitative estimate of drug-likeness (QED) is 0.405. The second-order valence-corrected chi connectivity index (χ2v) is 7.57. The molecule has 0 saturated heterocycles. The minimum absolute atomic E-state index is 0.445. The molecule has 2 aromatic rings. The molecule has 0 saturated carbocycles. The minimum Gasteiger partial charge on any atom is -0.0991 e. The Hall–Kier alpha value is -3.12. The highest BCUT2D eigenvalue weighted by atomic mass is 14.5. The summed E-state index contributed by atoms with van der Waals surface area (Å²) in [5.74, 6) is 0. The zero-order valence-electron chi connectivity index (χ0n) is 21.1. The smallest absolute Gasteiger partial charge is 0.0713 e. The van der Waals surface area contributed by atoms with Gasteiger partial charge in [-0.15, -0.1) is 0 Å². The van der Waals surface area contributed by atoms with Crippen LogP contribution in [0.4, 0.5) is 0 Å². The van der Waals surface area contributed by atoms with Crippen LogP contribution < -0.4 is 0 Å².